The minimum atomic E-state index is -0.0125. The zero-order chi connectivity index (χ0) is 13.8. The average Bonchev–Trinajstić information content (AvgIpc) is 2.29. The van der Waals surface area contributed by atoms with Crippen molar-refractivity contribution >= 4 is 0 Å². The third-order valence-electron chi connectivity index (χ3n) is 3.31. The van der Waals surface area contributed by atoms with Crippen molar-refractivity contribution in [2.24, 2.45) is 0 Å². The van der Waals surface area contributed by atoms with Crippen LogP contribution in [0.1, 0.15) is 38.8 Å². The van der Waals surface area contributed by atoms with E-state index in [1.165, 1.54) is 22.3 Å². The molecule has 0 N–H and O–H groups in total. The summed E-state index contributed by atoms with van der Waals surface area (Å²) in [6.07, 6.45) is 6.27. The molecule has 1 rings (SSSR count). The SMILES string of the molecule is C=C/C(=C\C=C(C)C)C(C)(C)c1ccc(C)cc1. The Morgan fingerprint density at radius 2 is 1.61 bits per heavy atom. The molecule has 0 saturated heterocycles. The van der Waals surface area contributed by atoms with E-state index < -0.39 is 0 Å². The summed E-state index contributed by atoms with van der Waals surface area (Å²) in [6.45, 7) is 14.8. The van der Waals surface area contributed by atoms with Crippen LogP contribution in [0.5, 0.6) is 0 Å². The van der Waals surface area contributed by atoms with Gasteiger partial charge < -0.3 is 0 Å². The summed E-state index contributed by atoms with van der Waals surface area (Å²) in [5.74, 6) is 0. The van der Waals surface area contributed by atoms with Crippen LogP contribution in [0, 0.1) is 6.92 Å². The lowest BCUT2D eigenvalue weighted by atomic mass is 9.77. The first kappa shape index (κ1) is 14.5. The molecule has 0 unspecified atom stereocenters. The van der Waals surface area contributed by atoms with Gasteiger partial charge in [0.15, 0.2) is 0 Å². The molecular weight excluding hydrogens is 216 g/mol. The molecule has 0 radical (unpaired) electrons. The second-order valence-electron chi connectivity index (χ2n) is 5.56. The van der Waals surface area contributed by atoms with Gasteiger partial charge in [0.2, 0.25) is 0 Å². The minimum absolute atomic E-state index is 0.0125. The van der Waals surface area contributed by atoms with Crippen LogP contribution in [-0.2, 0) is 5.41 Å². The van der Waals surface area contributed by atoms with Crippen molar-refractivity contribution < 1.29 is 0 Å². The van der Waals surface area contributed by atoms with E-state index in [4.69, 9.17) is 0 Å². The summed E-state index contributed by atoms with van der Waals surface area (Å²) in [6, 6.07) is 8.74. The maximum absolute atomic E-state index is 3.95. The monoisotopic (exact) mass is 240 g/mol. The highest BCUT2D eigenvalue weighted by atomic mass is 14.3. The van der Waals surface area contributed by atoms with Gasteiger partial charge in [-0.05, 0) is 31.9 Å². The summed E-state index contributed by atoms with van der Waals surface area (Å²) < 4.78 is 0. The molecule has 0 aromatic heterocycles. The highest BCUT2D eigenvalue weighted by Crippen LogP contribution is 2.32. The van der Waals surface area contributed by atoms with E-state index in [-0.39, 0.29) is 5.41 Å². The van der Waals surface area contributed by atoms with Crippen molar-refractivity contribution in [3.05, 3.63) is 71.3 Å². The third kappa shape index (κ3) is 3.46. The quantitative estimate of drug-likeness (QED) is 0.622. The molecule has 0 aliphatic heterocycles. The topological polar surface area (TPSA) is 0 Å². The van der Waals surface area contributed by atoms with Crippen LogP contribution in [0.3, 0.4) is 0 Å². The fourth-order valence-electron chi connectivity index (χ4n) is 1.92. The molecule has 0 heteroatoms. The van der Waals surface area contributed by atoms with E-state index in [2.05, 4.69) is 77.6 Å². The largest absolute Gasteiger partial charge is 0.0988 e. The van der Waals surface area contributed by atoms with E-state index in [1.54, 1.807) is 0 Å². The molecule has 0 fully saturated rings. The fourth-order valence-corrected chi connectivity index (χ4v) is 1.92. The maximum Gasteiger partial charge on any atom is 0.0146 e. The van der Waals surface area contributed by atoms with Gasteiger partial charge >= 0.3 is 0 Å². The number of rotatable bonds is 4. The zero-order valence-electron chi connectivity index (χ0n) is 12.2. The predicted molar refractivity (Wildman–Crippen MR) is 81.9 cm³/mol. The molecule has 18 heavy (non-hydrogen) atoms. The summed E-state index contributed by atoms with van der Waals surface area (Å²) >= 11 is 0. The summed E-state index contributed by atoms with van der Waals surface area (Å²) in [5, 5.41) is 0. The number of hydrogen-bond acceptors (Lipinski definition) is 0. The minimum Gasteiger partial charge on any atom is -0.0988 e. The van der Waals surface area contributed by atoms with Crippen LogP contribution in [0.2, 0.25) is 0 Å². The van der Waals surface area contributed by atoms with Crippen LogP contribution in [0.4, 0.5) is 0 Å². The summed E-state index contributed by atoms with van der Waals surface area (Å²) in [5.41, 5.74) is 5.15. The zero-order valence-corrected chi connectivity index (χ0v) is 12.2. The van der Waals surface area contributed by atoms with E-state index in [0.29, 0.717) is 0 Å². The number of benzene rings is 1. The van der Waals surface area contributed by atoms with Crippen molar-refractivity contribution in [1.29, 1.82) is 0 Å². The Bertz CT molecular complexity index is 463. The Morgan fingerprint density at radius 1 is 1.06 bits per heavy atom. The van der Waals surface area contributed by atoms with Crippen LogP contribution in [0.15, 0.2) is 60.2 Å². The Balaban J connectivity index is 3.18. The highest BCUT2D eigenvalue weighted by molar-refractivity contribution is 5.42. The van der Waals surface area contributed by atoms with Crippen molar-refractivity contribution in [2.75, 3.05) is 0 Å². The van der Waals surface area contributed by atoms with Crippen molar-refractivity contribution in [1.82, 2.24) is 0 Å². The molecular formula is C18H24. The smallest absolute Gasteiger partial charge is 0.0146 e. The molecule has 0 aliphatic carbocycles. The number of hydrogen-bond donors (Lipinski definition) is 0. The van der Waals surface area contributed by atoms with E-state index in [0.717, 1.165) is 0 Å². The standard InChI is InChI=1S/C18H24/c1-7-16(11-8-14(2)3)18(5,6)17-12-9-15(4)10-13-17/h7-13H,1H2,2-6H3/b16-11+. The van der Waals surface area contributed by atoms with Gasteiger partial charge in [-0.1, -0.05) is 74.1 Å². The number of aryl methyl sites for hydroxylation is 1. The summed E-state index contributed by atoms with van der Waals surface area (Å²) in [7, 11) is 0. The lowest BCUT2D eigenvalue weighted by Gasteiger charge is -2.27. The van der Waals surface area contributed by atoms with Crippen molar-refractivity contribution in [3.8, 4) is 0 Å². The van der Waals surface area contributed by atoms with E-state index >= 15 is 0 Å². The molecule has 0 saturated carbocycles. The predicted octanol–water partition coefficient (Wildman–Crippen LogP) is 5.35. The van der Waals surface area contributed by atoms with Gasteiger partial charge in [0.1, 0.15) is 0 Å². The Hall–Kier alpha value is -1.56. The molecule has 0 spiro atoms. The molecule has 0 nitrogen and oxygen atoms in total. The normalized spacial score (nSPS) is 12.2. The Kier molecular flexibility index (Phi) is 4.72. The first-order valence-electron chi connectivity index (χ1n) is 6.43. The highest BCUT2D eigenvalue weighted by Gasteiger charge is 2.23. The number of allylic oxidation sites excluding steroid dienone is 5. The van der Waals surface area contributed by atoms with Crippen molar-refractivity contribution in [2.45, 2.75) is 40.0 Å². The lowest BCUT2D eigenvalue weighted by molar-refractivity contribution is 0.639. The average molecular weight is 240 g/mol. The van der Waals surface area contributed by atoms with Gasteiger partial charge in [0.25, 0.3) is 0 Å². The van der Waals surface area contributed by atoms with E-state index in [9.17, 15) is 0 Å². The second-order valence-corrected chi connectivity index (χ2v) is 5.56. The van der Waals surface area contributed by atoms with Gasteiger partial charge in [0, 0.05) is 5.41 Å². The van der Waals surface area contributed by atoms with Crippen LogP contribution < -0.4 is 0 Å². The molecule has 0 heterocycles. The van der Waals surface area contributed by atoms with E-state index in [1.807, 2.05) is 6.08 Å². The van der Waals surface area contributed by atoms with Gasteiger partial charge in [-0.15, -0.1) is 0 Å². The van der Waals surface area contributed by atoms with Gasteiger partial charge in [0.05, 0.1) is 0 Å². The molecule has 0 bridgehead atoms. The molecule has 1 aromatic rings. The fraction of sp³-hybridized carbons (Fsp3) is 0.333. The summed E-state index contributed by atoms with van der Waals surface area (Å²) in [4.78, 5) is 0. The third-order valence-corrected chi connectivity index (χ3v) is 3.31. The van der Waals surface area contributed by atoms with Crippen LogP contribution >= 0.6 is 0 Å². The van der Waals surface area contributed by atoms with Crippen LogP contribution in [-0.4, -0.2) is 0 Å². The van der Waals surface area contributed by atoms with Gasteiger partial charge in [-0.3, -0.25) is 0 Å². The maximum atomic E-state index is 3.95. The molecule has 96 valence electrons. The Labute approximate surface area is 112 Å². The van der Waals surface area contributed by atoms with Crippen molar-refractivity contribution in [3.63, 3.8) is 0 Å². The Morgan fingerprint density at radius 3 is 2.06 bits per heavy atom. The second kappa shape index (κ2) is 5.86. The van der Waals surface area contributed by atoms with Gasteiger partial charge in [-0.25, -0.2) is 0 Å². The molecule has 0 atom stereocenters. The lowest BCUT2D eigenvalue weighted by Crippen LogP contribution is -2.19. The first-order chi connectivity index (χ1) is 8.37. The molecule has 0 aliphatic rings. The van der Waals surface area contributed by atoms with Crippen LogP contribution in [0.25, 0.3) is 0 Å². The van der Waals surface area contributed by atoms with Gasteiger partial charge in [-0.2, -0.15) is 0 Å². The molecule has 1 aromatic carbocycles. The molecule has 0 amide bonds. The first-order valence-corrected chi connectivity index (χ1v) is 6.43.